The predicted molar refractivity (Wildman–Crippen MR) is 50.3 cm³/mol. The highest BCUT2D eigenvalue weighted by Gasteiger charge is 2.06. The fraction of sp³-hybridized carbons (Fsp3) is 0.286. The lowest BCUT2D eigenvalue weighted by Crippen LogP contribution is -2.01. The molecule has 0 aliphatic rings. The Kier molecular flexibility index (Phi) is 2.07. The minimum absolute atomic E-state index is 0.359. The topological polar surface area (TPSA) is 73.9 Å². The van der Waals surface area contributed by atoms with Gasteiger partial charge in [-0.1, -0.05) is 0 Å². The first-order valence-electron chi connectivity index (χ1n) is 3.66. The zero-order valence-corrected chi connectivity index (χ0v) is 7.84. The van der Waals surface area contributed by atoms with Crippen molar-refractivity contribution >= 4 is 27.5 Å². The van der Waals surface area contributed by atoms with Crippen LogP contribution in [0.4, 0.5) is 5.82 Å². The van der Waals surface area contributed by atoms with E-state index in [9.17, 15) is 0 Å². The molecule has 2 N–H and O–H groups in total. The molecule has 0 aliphatic heterocycles. The van der Waals surface area contributed by atoms with Crippen molar-refractivity contribution < 1.29 is 4.74 Å². The fourth-order valence-corrected chi connectivity index (χ4v) is 1.65. The van der Waals surface area contributed by atoms with Crippen molar-refractivity contribution in [2.75, 3.05) is 12.8 Å². The lowest BCUT2D eigenvalue weighted by atomic mass is 10.5. The summed E-state index contributed by atoms with van der Waals surface area (Å²) in [6, 6.07) is 0. The van der Waals surface area contributed by atoms with Gasteiger partial charge in [0.15, 0.2) is 11.5 Å². The van der Waals surface area contributed by atoms with Crippen LogP contribution in [0.15, 0.2) is 5.51 Å². The number of anilines is 1. The molecule has 6 heteroatoms. The van der Waals surface area contributed by atoms with Crippen molar-refractivity contribution in [2.45, 2.75) is 6.61 Å². The summed E-state index contributed by atoms with van der Waals surface area (Å²) in [5.41, 5.74) is 8.04. The number of aromatic nitrogens is 3. The third kappa shape index (κ3) is 1.45. The molecule has 0 unspecified atom stereocenters. The molecule has 2 heterocycles. The van der Waals surface area contributed by atoms with Gasteiger partial charge >= 0.3 is 0 Å². The van der Waals surface area contributed by atoms with Crippen LogP contribution in [0, 0.1) is 0 Å². The van der Waals surface area contributed by atoms with E-state index < -0.39 is 0 Å². The largest absolute Gasteiger partial charge is 0.382 e. The molecular formula is C7H8N4OS. The lowest BCUT2D eigenvalue weighted by Gasteiger charge is -1.99. The number of fused-ring (bicyclic) bond motifs is 1. The molecule has 0 saturated carbocycles. The summed E-state index contributed by atoms with van der Waals surface area (Å²) in [5.74, 6) is 1.04. The Bertz CT molecular complexity index is 427. The molecule has 0 fully saturated rings. The van der Waals surface area contributed by atoms with Gasteiger partial charge in [-0.15, -0.1) is 11.3 Å². The molecule has 0 bridgehead atoms. The summed E-state index contributed by atoms with van der Waals surface area (Å²) in [7, 11) is 1.59. The van der Waals surface area contributed by atoms with Crippen molar-refractivity contribution in [2.24, 2.45) is 0 Å². The summed E-state index contributed by atoms with van der Waals surface area (Å²) in [5, 5.41) is 0. The molecule has 0 radical (unpaired) electrons. The molecule has 2 aromatic heterocycles. The van der Waals surface area contributed by atoms with Crippen molar-refractivity contribution in [1.29, 1.82) is 0 Å². The van der Waals surface area contributed by atoms with Gasteiger partial charge in [0.2, 0.25) is 0 Å². The Labute approximate surface area is 78.6 Å². The van der Waals surface area contributed by atoms with Crippen LogP contribution in [0.3, 0.4) is 0 Å². The number of ether oxygens (including phenoxy) is 1. The minimum atomic E-state index is 0.359. The molecule has 0 spiro atoms. The van der Waals surface area contributed by atoms with E-state index in [0.717, 1.165) is 4.70 Å². The monoisotopic (exact) mass is 196 g/mol. The average Bonchev–Trinajstić information content (AvgIpc) is 2.53. The van der Waals surface area contributed by atoms with E-state index in [1.807, 2.05) is 0 Å². The molecule has 0 atom stereocenters. The minimum Gasteiger partial charge on any atom is -0.382 e. The number of hydrogen-bond donors (Lipinski definition) is 1. The number of hydrogen-bond acceptors (Lipinski definition) is 6. The summed E-state index contributed by atoms with van der Waals surface area (Å²) in [6.07, 6.45) is 0. The molecule has 0 aliphatic carbocycles. The number of nitrogen functional groups attached to an aromatic ring is 1. The number of thiazole rings is 1. The van der Waals surface area contributed by atoms with Crippen molar-refractivity contribution in [1.82, 2.24) is 15.0 Å². The van der Waals surface area contributed by atoms with Gasteiger partial charge in [0.25, 0.3) is 0 Å². The maximum Gasteiger partial charge on any atom is 0.176 e. The Morgan fingerprint density at radius 2 is 2.38 bits per heavy atom. The van der Waals surface area contributed by atoms with Gasteiger partial charge in [-0.2, -0.15) is 0 Å². The Morgan fingerprint density at radius 1 is 1.54 bits per heavy atom. The van der Waals surface area contributed by atoms with Crippen molar-refractivity contribution in [3.63, 3.8) is 0 Å². The van der Waals surface area contributed by atoms with Crippen LogP contribution in [0.25, 0.3) is 10.3 Å². The normalized spacial score (nSPS) is 10.8. The molecule has 0 saturated heterocycles. The molecule has 0 amide bonds. The van der Waals surface area contributed by atoms with Crippen LogP contribution in [0.1, 0.15) is 5.82 Å². The zero-order valence-electron chi connectivity index (χ0n) is 7.02. The molecule has 2 rings (SSSR count). The third-order valence-electron chi connectivity index (χ3n) is 1.54. The maximum atomic E-state index is 5.70. The third-order valence-corrected chi connectivity index (χ3v) is 2.38. The first kappa shape index (κ1) is 8.33. The zero-order chi connectivity index (χ0) is 9.26. The summed E-state index contributed by atoms with van der Waals surface area (Å²) in [6.45, 7) is 0.359. The molecule has 13 heavy (non-hydrogen) atoms. The van der Waals surface area contributed by atoms with Gasteiger partial charge in [0.05, 0.1) is 5.51 Å². The molecule has 68 valence electrons. The maximum absolute atomic E-state index is 5.70. The van der Waals surface area contributed by atoms with Gasteiger partial charge in [0, 0.05) is 7.11 Å². The highest BCUT2D eigenvalue weighted by molar-refractivity contribution is 7.17. The fourth-order valence-electron chi connectivity index (χ4n) is 1.03. The van der Waals surface area contributed by atoms with Crippen LogP contribution < -0.4 is 5.73 Å². The molecular weight excluding hydrogens is 188 g/mol. The number of nitrogens with two attached hydrogens (primary N) is 1. The second kappa shape index (κ2) is 3.23. The number of methoxy groups -OCH3 is 1. The van der Waals surface area contributed by atoms with E-state index in [1.165, 1.54) is 11.3 Å². The summed E-state index contributed by atoms with van der Waals surface area (Å²) in [4.78, 5) is 12.3. The van der Waals surface area contributed by atoms with E-state index in [4.69, 9.17) is 10.5 Å². The van der Waals surface area contributed by atoms with E-state index in [1.54, 1.807) is 12.6 Å². The Balaban J connectivity index is 2.56. The van der Waals surface area contributed by atoms with Crippen LogP contribution in [0.5, 0.6) is 0 Å². The van der Waals surface area contributed by atoms with Gasteiger partial charge in [-0.05, 0) is 0 Å². The number of rotatable bonds is 2. The van der Waals surface area contributed by atoms with Gasteiger partial charge in [-0.25, -0.2) is 15.0 Å². The summed E-state index contributed by atoms with van der Waals surface area (Å²) < 4.78 is 5.74. The van der Waals surface area contributed by atoms with Gasteiger partial charge in [-0.3, -0.25) is 0 Å². The second-order valence-electron chi connectivity index (χ2n) is 2.46. The SMILES string of the molecule is COCc1nc(N)c2scnc2n1. The van der Waals surface area contributed by atoms with E-state index in [2.05, 4.69) is 15.0 Å². The van der Waals surface area contributed by atoms with Crippen LogP contribution in [-0.2, 0) is 11.3 Å². The van der Waals surface area contributed by atoms with Crippen molar-refractivity contribution in [3.05, 3.63) is 11.3 Å². The molecule has 0 aromatic carbocycles. The van der Waals surface area contributed by atoms with Gasteiger partial charge in [0.1, 0.15) is 17.1 Å². The predicted octanol–water partition coefficient (Wildman–Crippen LogP) is 0.815. The first-order chi connectivity index (χ1) is 6.31. The van der Waals surface area contributed by atoms with E-state index >= 15 is 0 Å². The van der Waals surface area contributed by atoms with E-state index in [-0.39, 0.29) is 0 Å². The molecule has 5 nitrogen and oxygen atoms in total. The quantitative estimate of drug-likeness (QED) is 0.769. The highest BCUT2D eigenvalue weighted by Crippen LogP contribution is 2.20. The highest BCUT2D eigenvalue weighted by atomic mass is 32.1. The lowest BCUT2D eigenvalue weighted by molar-refractivity contribution is 0.178. The van der Waals surface area contributed by atoms with Crippen LogP contribution >= 0.6 is 11.3 Å². The average molecular weight is 196 g/mol. The second-order valence-corrected chi connectivity index (χ2v) is 3.32. The van der Waals surface area contributed by atoms with E-state index in [0.29, 0.717) is 23.9 Å². The Morgan fingerprint density at radius 3 is 3.15 bits per heavy atom. The number of nitrogens with zero attached hydrogens (tertiary/aromatic N) is 3. The Hall–Kier alpha value is -1.27. The molecule has 2 aromatic rings. The van der Waals surface area contributed by atoms with Gasteiger partial charge < -0.3 is 10.5 Å². The van der Waals surface area contributed by atoms with Crippen molar-refractivity contribution in [3.8, 4) is 0 Å². The van der Waals surface area contributed by atoms with Crippen LogP contribution in [0.2, 0.25) is 0 Å². The van der Waals surface area contributed by atoms with Crippen LogP contribution in [-0.4, -0.2) is 22.1 Å². The summed E-state index contributed by atoms with van der Waals surface area (Å²) >= 11 is 1.44. The first-order valence-corrected chi connectivity index (χ1v) is 4.53. The standard InChI is InChI=1S/C7H8N4OS/c1-12-2-4-10-6(8)5-7(11-4)9-3-13-5/h3H,2H2,1H3,(H2,8,10,11). The smallest absolute Gasteiger partial charge is 0.176 e.